The van der Waals surface area contributed by atoms with E-state index in [-0.39, 0.29) is 0 Å². The van der Waals surface area contributed by atoms with Gasteiger partial charge in [0, 0.05) is 15.6 Å². The third kappa shape index (κ3) is 2.44. The molecule has 0 saturated heterocycles. The molecule has 0 amide bonds. The molecule has 19 heavy (non-hydrogen) atoms. The van der Waals surface area contributed by atoms with Gasteiger partial charge in [0.15, 0.2) is 11.6 Å². The molecule has 0 radical (unpaired) electrons. The fraction of sp³-hybridized carbons (Fsp3) is 0.0667. The third-order valence-corrected chi connectivity index (χ3v) is 3.45. The Hall–Kier alpha value is -1.94. The Morgan fingerprint density at radius 2 is 1.84 bits per heavy atom. The first-order valence-corrected chi connectivity index (χ1v) is 6.78. The van der Waals surface area contributed by atoms with Gasteiger partial charge in [0.1, 0.15) is 0 Å². The van der Waals surface area contributed by atoms with Crippen molar-refractivity contribution in [2.45, 2.75) is 6.92 Å². The number of hydrogen-bond acceptors (Lipinski definition) is 2. The van der Waals surface area contributed by atoms with Gasteiger partial charge in [-0.2, -0.15) is 5.10 Å². The van der Waals surface area contributed by atoms with Crippen LogP contribution in [0.2, 0.25) is 0 Å². The summed E-state index contributed by atoms with van der Waals surface area (Å²) in [5, 5.41) is 7.28. The van der Waals surface area contributed by atoms with Crippen LogP contribution in [0.25, 0.3) is 22.8 Å². The van der Waals surface area contributed by atoms with Crippen molar-refractivity contribution >= 4 is 15.9 Å². The van der Waals surface area contributed by atoms with Crippen molar-refractivity contribution in [2.75, 3.05) is 0 Å². The van der Waals surface area contributed by atoms with E-state index in [0.717, 1.165) is 32.8 Å². The van der Waals surface area contributed by atoms with Crippen LogP contribution in [0.5, 0.6) is 0 Å². The second-order valence-corrected chi connectivity index (χ2v) is 5.25. The smallest absolute Gasteiger partial charge is 0.181 e. The van der Waals surface area contributed by atoms with Crippen LogP contribution in [0.1, 0.15) is 5.56 Å². The molecule has 0 bridgehead atoms. The Morgan fingerprint density at radius 1 is 1.05 bits per heavy atom. The summed E-state index contributed by atoms with van der Waals surface area (Å²) in [6.45, 7) is 2.06. The summed E-state index contributed by atoms with van der Waals surface area (Å²) in [6.07, 6.45) is 0. The fourth-order valence-electron chi connectivity index (χ4n) is 1.99. The van der Waals surface area contributed by atoms with Crippen LogP contribution in [0.4, 0.5) is 0 Å². The number of nitrogens with zero attached hydrogens (tertiary/aromatic N) is 2. The standard InChI is InChI=1S/C15H12BrN3/c1-10-9-12(16)7-8-13(10)15-17-14(18-19-15)11-5-3-2-4-6-11/h2-9H,1H3,(H,17,18,19). The topological polar surface area (TPSA) is 41.6 Å². The van der Waals surface area contributed by atoms with Crippen LogP contribution in [0.15, 0.2) is 53.0 Å². The highest BCUT2D eigenvalue weighted by Crippen LogP contribution is 2.25. The van der Waals surface area contributed by atoms with Crippen LogP contribution in [0, 0.1) is 6.92 Å². The molecule has 2 aromatic carbocycles. The van der Waals surface area contributed by atoms with Crippen LogP contribution in [-0.2, 0) is 0 Å². The van der Waals surface area contributed by atoms with E-state index in [9.17, 15) is 0 Å². The minimum atomic E-state index is 0.720. The van der Waals surface area contributed by atoms with E-state index in [2.05, 4.69) is 44.1 Å². The van der Waals surface area contributed by atoms with Crippen molar-refractivity contribution < 1.29 is 0 Å². The summed E-state index contributed by atoms with van der Waals surface area (Å²) in [4.78, 5) is 4.56. The highest BCUT2D eigenvalue weighted by Gasteiger charge is 2.09. The molecule has 0 aliphatic rings. The van der Waals surface area contributed by atoms with Crippen molar-refractivity contribution in [2.24, 2.45) is 0 Å². The van der Waals surface area contributed by atoms with E-state index < -0.39 is 0 Å². The Kier molecular flexibility index (Phi) is 3.17. The monoisotopic (exact) mass is 313 g/mol. The summed E-state index contributed by atoms with van der Waals surface area (Å²) in [5.41, 5.74) is 3.24. The minimum absolute atomic E-state index is 0.720. The second kappa shape index (κ2) is 4.97. The molecule has 0 saturated carbocycles. The largest absolute Gasteiger partial charge is 0.259 e. The Morgan fingerprint density at radius 3 is 2.58 bits per heavy atom. The number of benzene rings is 2. The van der Waals surface area contributed by atoms with Gasteiger partial charge in [0.25, 0.3) is 0 Å². The van der Waals surface area contributed by atoms with E-state index >= 15 is 0 Å². The second-order valence-electron chi connectivity index (χ2n) is 4.33. The zero-order valence-electron chi connectivity index (χ0n) is 10.4. The van der Waals surface area contributed by atoms with Gasteiger partial charge >= 0.3 is 0 Å². The summed E-state index contributed by atoms with van der Waals surface area (Å²) in [7, 11) is 0. The number of aromatic nitrogens is 3. The molecule has 0 spiro atoms. The van der Waals surface area contributed by atoms with Crippen molar-refractivity contribution in [3.8, 4) is 22.8 Å². The van der Waals surface area contributed by atoms with Gasteiger partial charge < -0.3 is 0 Å². The van der Waals surface area contributed by atoms with Crippen molar-refractivity contribution in [3.63, 3.8) is 0 Å². The quantitative estimate of drug-likeness (QED) is 0.770. The molecule has 3 aromatic rings. The lowest BCUT2D eigenvalue weighted by Gasteiger charge is -2.01. The maximum Gasteiger partial charge on any atom is 0.181 e. The Bertz CT molecular complexity index is 704. The van der Waals surface area contributed by atoms with Crippen molar-refractivity contribution in [3.05, 3.63) is 58.6 Å². The number of H-pyrrole nitrogens is 1. The predicted octanol–water partition coefficient (Wildman–Crippen LogP) is 4.21. The Balaban J connectivity index is 2.02. The summed E-state index contributed by atoms with van der Waals surface area (Å²) < 4.78 is 1.07. The lowest BCUT2D eigenvalue weighted by atomic mass is 10.1. The minimum Gasteiger partial charge on any atom is -0.259 e. The molecule has 0 unspecified atom stereocenters. The molecule has 3 rings (SSSR count). The van der Waals surface area contributed by atoms with Gasteiger partial charge in [-0.05, 0) is 30.7 Å². The van der Waals surface area contributed by atoms with Crippen LogP contribution < -0.4 is 0 Å². The SMILES string of the molecule is Cc1cc(Br)ccc1-c1nc(-c2ccccc2)n[nH]1. The number of aryl methyl sites for hydroxylation is 1. The molecular formula is C15H12BrN3. The van der Waals surface area contributed by atoms with Crippen molar-refractivity contribution in [1.29, 1.82) is 0 Å². The number of nitrogens with one attached hydrogen (secondary N) is 1. The molecule has 4 heteroatoms. The van der Waals surface area contributed by atoms with Gasteiger partial charge in [-0.15, -0.1) is 0 Å². The van der Waals surface area contributed by atoms with E-state index in [1.807, 2.05) is 42.5 Å². The number of aromatic amines is 1. The zero-order valence-corrected chi connectivity index (χ0v) is 12.0. The maximum atomic E-state index is 4.56. The summed E-state index contributed by atoms with van der Waals surface area (Å²) >= 11 is 3.46. The van der Waals surface area contributed by atoms with Crippen LogP contribution in [-0.4, -0.2) is 15.2 Å². The number of rotatable bonds is 2. The average Bonchev–Trinajstić information content (AvgIpc) is 2.89. The summed E-state index contributed by atoms with van der Waals surface area (Å²) in [6, 6.07) is 16.1. The zero-order chi connectivity index (χ0) is 13.2. The molecule has 0 fully saturated rings. The molecule has 1 N–H and O–H groups in total. The molecule has 94 valence electrons. The predicted molar refractivity (Wildman–Crippen MR) is 79.7 cm³/mol. The van der Waals surface area contributed by atoms with Gasteiger partial charge in [-0.1, -0.05) is 46.3 Å². The summed E-state index contributed by atoms with van der Waals surface area (Å²) in [5.74, 6) is 1.52. The van der Waals surface area contributed by atoms with Gasteiger partial charge in [-0.3, -0.25) is 5.10 Å². The molecule has 3 nitrogen and oxygen atoms in total. The molecule has 1 heterocycles. The van der Waals surface area contributed by atoms with E-state index in [0.29, 0.717) is 0 Å². The average molecular weight is 314 g/mol. The lowest BCUT2D eigenvalue weighted by Crippen LogP contribution is -1.85. The van der Waals surface area contributed by atoms with E-state index in [1.54, 1.807) is 0 Å². The lowest BCUT2D eigenvalue weighted by molar-refractivity contribution is 1.10. The van der Waals surface area contributed by atoms with Crippen LogP contribution >= 0.6 is 15.9 Å². The first-order valence-electron chi connectivity index (χ1n) is 5.98. The van der Waals surface area contributed by atoms with Crippen LogP contribution in [0.3, 0.4) is 0 Å². The normalized spacial score (nSPS) is 10.6. The van der Waals surface area contributed by atoms with Crippen molar-refractivity contribution in [1.82, 2.24) is 15.2 Å². The number of hydrogen-bond donors (Lipinski definition) is 1. The Labute approximate surface area is 119 Å². The maximum absolute atomic E-state index is 4.56. The van der Waals surface area contributed by atoms with Gasteiger partial charge in [0.2, 0.25) is 0 Å². The number of halogens is 1. The third-order valence-electron chi connectivity index (χ3n) is 2.96. The van der Waals surface area contributed by atoms with E-state index in [4.69, 9.17) is 0 Å². The fourth-order valence-corrected chi connectivity index (χ4v) is 2.47. The molecule has 0 aliphatic carbocycles. The molecule has 0 atom stereocenters. The van der Waals surface area contributed by atoms with Gasteiger partial charge in [-0.25, -0.2) is 4.98 Å². The highest BCUT2D eigenvalue weighted by molar-refractivity contribution is 9.10. The molecule has 1 aromatic heterocycles. The highest BCUT2D eigenvalue weighted by atomic mass is 79.9. The molecule has 0 aliphatic heterocycles. The van der Waals surface area contributed by atoms with Gasteiger partial charge in [0.05, 0.1) is 0 Å². The first kappa shape index (κ1) is 12.1. The first-order chi connectivity index (χ1) is 9.24. The molecular weight excluding hydrogens is 302 g/mol. The van der Waals surface area contributed by atoms with E-state index in [1.165, 1.54) is 0 Å².